The molecule has 2 atom stereocenters. The summed E-state index contributed by atoms with van der Waals surface area (Å²) in [6.45, 7) is 3.81. The molecule has 0 aliphatic carbocycles. The number of carbonyl (C=O) groups excluding carboxylic acids is 1. The van der Waals surface area contributed by atoms with Crippen LogP contribution in [0.5, 0.6) is 0 Å². The highest BCUT2D eigenvalue weighted by Gasteiger charge is 2.38. The number of fused-ring (bicyclic) bond motifs is 2. The molecule has 2 aromatic rings. The van der Waals surface area contributed by atoms with E-state index in [4.69, 9.17) is 0 Å². The van der Waals surface area contributed by atoms with Gasteiger partial charge in [0, 0.05) is 31.6 Å². The zero-order valence-electron chi connectivity index (χ0n) is 11.2. The second kappa shape index (κ2) is 4.56. The Bertz CT molecular complexity index is 658. The van der Waals surface area contributed by atoms with Crippen LogP contribution in [-0.2, 0) is 0 Å². The number of para-hydroxylation sites is 1. The van der Waals surface area contributed by atoms with Crippen molar-refractivity contribution in [1.82, 2.24) is 15.2 Å². The minimum absolute atomic E-state index is 0.0742. The third kappa shape index (κ3) is 1.88. The highest BCUT2D eigenvalue weighted by Crippen LogP contribution is 2.27. The largest absolute Gasteiger partial charge is 0.337 e. The standard InChI is InChI=1S/C16H17N3O/c20-16(19-9-12-7-17-8-13(12)10-19)15-6-5-11-3-1-2-4-14(11)18-15/h1-6,12-13,17H,7-10H2. The van der Waals surface area contributed by atoms with Crippen LogP contribution in [0.4, 0.5) is 0 Å². The minimum atomic E-state index is 0.0742. The van der Waals surface area contributed by atoms with Gasteiger partial charge in [0.2, 0.25) is 0 Å². The Kier molecular flexibility index (Phi) is 2.70. The molecule has 1 amide bonds. The molecule has 2 unspecified atom stereocenters. The number of rotatable bonds is 1. The van der Waals surface area contributed by atoms with E-state index in [1.165, 1.54) is 0 Å². The number of hydrogen-bond donors (Lipinski definition) is 1. The van der Waals surface area contributed by atoms with Gasteiger partial charge >= 0.3 is 0 Å². The summed E-state index contributed by atoms with van der Waals surface area (Å²) in [6, 6.07) is 11.7. The number of benzene rings is 1. The van der Waals surface area contributed by atoms with Gasteiger partial charge in [-0.25, -0.2) is 4.98 Å². The van der Waals surface area contributed by atoms with E-state index in [0.717, 1.165) is 37.1 Å². The molecule has 0 saturated carbocycles. The predicted octanol–water partition coefficient (Wildman–Crippen LogP) is 1.53. The Morgan fingerprint density at radius 3 is 2.65 bits per heavy atom. The zero-order valence-corrected chi connectivity index (χ0v) is 11.2. The predicted molar refractivity (Wildman–Crippen MR) is 77.5 cm³/mol. The molecule has 20 heavy (non-hydrogen) atoms. The molecule has 4 rings (SSSR count). The first-order valence-electron chi connectivity index (χ1n) is 7.17. The highest BCUT2D eigenvalue weighted by molar-refractivity contribution is 5.95. The second-order valence-electron chi connectivity index (χ2n) is 5.78. The van der Waals surface area contributed by atoms with Crippen LogP contribution in [0.2, 0.25) is 0 Å². The van der Waals surface area contributed by atoms with Gasteiger partial charge in [0.05, 0.1) is 5.52 Å². The third-order valence-corrected chi connectivity index (χ3v) is 4.49. The van der Waals surface area contributed by atoms with Crippen molar-refractivity contribution in [2.75, 3.05) is 26.2 Å². The van der Waals surface area contributed by atoms with Gasteiger partial charge in [0.1, 0.15) is 5.69 Å². The summed E-state index contributed by atoms with van der Waals surface area (Å²) in [5, 5.41) is 4.47. The van der Waals surface area contributed by atoms with Crippen molar-refractivity contribution < 1.29 is 4.79 Å². The number of hydrogen-bond acceptors (Lipinski definition) is 3. The molecule has 1 aromatic carbocycles. The molecule has 4 heteroatoms. The van der Waals surface area contributed by atoms with Crippen molar-refractivity contribution in [3.8, 4) is 0 Å². The molecule has 4 nitrogen and oxygen atoms in total. The average molecular weight is 267 g/mol. The molecule has 0 spiro atoms. The van der Waals surface area contributed by atoms with Crippen LogP contribution >= 0.6 is 0 Å². The van der Waals surface area contributed by atoms with Crippen LogP contribution in [0.15, 0.2) is 36.4 Å². The maximum Gasteiger partial charge on any atom is 0.272 e. The van der Waals surface area contributed by atoms with Crippen LogP contribution in [-0.4, -0.2) is 42.0 Å². The number of amides is 1. The van der Waals surface area contributed by atoms with Gasteiger partial charge in [-0.15, -0.1) is 0 Å². The van der Waals surface area contributed by atoms with Crippen LogP contribution in [0.1, 0.15) is 10.5 Å². The first kappa shape index (κ1) is 11.9. The Hall–Kier alpha value is -1.94. The molecule has 2 saturated heterocycles. The normalized spacial score (nSPS) is 25.1. The lowest BCUT2D eigenvalue weighted by Crippen LogP contribution is -2.32. The zero-order chi connectivity index (χ0) is 13.5. The van der Waals surface area contributed by atoms with Crippen LogP contribution < -0.4 is 5.32 Å². The quantitative estimate of drug-likeness (QED) is 0.852. The summed E-state index contributed by atoms with van der Waals surface area (Å²) >= 11 is 0. The fourth-order valence-corrected chi connectivity index (χ4v) is 3.37. The van der Waals surface area contributed by atoms with Crippen molar-refractivity contribution in [3.63, 3.8) is 0 Å². The van der Waals surface area contributed by atoms with E-state index in [2.05, 4.69) is 10.3 Å². The maximum absolute atomic E-state index is 12.6. The summed E-state index contributed by atoms with van der Waals surface area (Å²) in [7, 11) is 0. The number of nitrogens with one attached hydrogen (secondary N) is 1. The van der Waals surface area contributed by atoms with Gasteiger partial charge in [-0.3, -0.25) is 4.79 Å². The Morgan fingerprint density at radius 2 is 1.85 bits per heavy atom. The first-order valence-corrected chi connectivity index (χ1v) is 7.17. The number of carbonyl (C=O) groups is 1. The summed E-state index contributed by atoms with van der Waals surface area (Å²) < 4.78 is 0. The minimum Gasteiger partial charge on any atom is -0.337 e. The van der Waals surface area contributed by atoms with E-state index in [9.17, 15) is 4.79 Å². The lowest BCUT2D eigenvalue weighted by Gasteiger charge is -2.17. The van der Waals surface area contributed by atoms with E-state index in [1.807, 2.05) is 41.3 Å². The lowest BCUT2D eigenvalue weighted by atomic mass is 10.0. The first-order chi connectivity index (χ1) is 9.81. The van der Waals surface area contributed by atoms with Crippen molar-refractivity contribution in [3.05, 3.63) is 42.1 Å². The molecular weight excluding hydrogens is 250 g/mol. The molecule has 0 radical (unpaired) electrons. The molecule has 1 N–H and O–H groups in total. The average Bonchev–Trinajstić information content (AvgIpc) is 3.07. The molecular formula is C16H17N3O. The topological polar surface area (TPSA) is 45.2 Å². The summed E-state index contributed by atoms with van der Waals surface area (Å²) in [5.41, 5.74) is 1.45. The van der Waals surface area contributed by atoms with Gasteiger partial charge in [-0.05, 0) is 24.0 Å². The fourth-order valence-electron chi connectivity index (χ4n) is 3.37. The summed E-state index contributed by atoms with van der Waals surface area (Å²) in [6.07, 6.45) is 0. The third-order valence-electron chi connectivity index (χ3n) is 4.49. The molecule has 2 fully saturated rings. The smallest absolute Gasteiger partial charge is 0.272 e. The number of nitrogens with zero attached hydrogens (tertiary/aromatic N) is 2. The van der Waals surface area contributed by atoms with E-state index >= 15 is 0 Å². The Labute approximate surface area is 117 Å². The summed E-state index contributed by atoms with van der Waals surface area (Å²) in [4.78, 5) is 19.0. The lowest BCUT2D eigenvalue weighted by molar-refractivity contribution is 0.0776. The summed E-state index contributed by atoms with van der Waals surface area (Å²) in [5.74, 6) is 1.32. The molecule has 2 aliphatic rings. The molecule has 0 bridgehead atoms. The van der Waals surface area contributed by atoms with Crippen molar-refractivity contribution in [2.45, 2.75) is 0 Å². The van der Waals surface area contributed by atoms with E-state index in [0.29, 0.717) is 17.5 Å². The van der Waals surface area contributed by atoms with Gasteiger partial charge in [0.25, 0.3) is 5.91 Å². The molecule has 3 heterocycles. The molecule has 1 aromatic heterocycles. The number of pyridine rings is 1. The van der Waals surface area contributed by atoms with Crippen LogP contribution in [0, 0.1) is 11.8 Å². The van der Waals surface area contributed by atoms with Crippen molar-refractivity contribution >= 4 is 16.8 Å². The second-order valence-corrected chi connectivity index (χ2v) is 5.78. The Balaban J connectivity index is 1.61. The van der Waals surface area contributed by atoms with Crippen molar-refractivity contribution in [1.29, 1.82) is 0 Å². The van der Waals surface area contributed by atoms with Crippen LogP contribution in [0.3, 0.4) is 0 Å². The van der Waals surface area contributed by atoms with Gasteiger partial charge in [-0.2, -0.15) is 0 Å². The molecule has 2 aliphatic heterocycles. The van der Waals surface area contributed by atoms with E-state index < -0.39 is 0 Å². The monoisotopic (exact) mass is 267 g/mol. The van der Waals surface area contributed by atoms with Crippen LogP contribution in [0.25, 0.3) is 10.9 Å². The van der Waals surface area contributed by atoms with Gasteiger partial charge in [0.15, 0.2) is 0 Å². The molecule has 102 valence electrons. The SMILES string of the molecule is O=C(c1ccc2ccccc2n1)N1CC2CNCC2C1. The van der Waals surface area contributed by atoms with Gasteiger partial charge in [-0.1, -0.05) is 24.3 Å². The number of aromatic nitrogens is 1. The van der Waals surface area contributed by atoms with Crippen molar-refractivity contribution in [2.24, 2.45) is 11.8 Å². The van der Waals surface area contributed by atoms with E-state index in [-0.39, 0.29) is 5.91 Å². The Morgan fingerprint density at radius 1 is 1.10 bits per heavy atom. The van der Waals surface area contributed by atoms with E-state index in [1.54, 1.807) is 0 Å². The highest BCUT2D eigenvalue weighted by atomic mass is 16.2. The number of likely N-dealkylation sites (tertiary alicyclic amines) is 1. The maximum atomic E-state index is 12.6. The van der Waals surface area contributed by atoms with Gasteiger partial charge < -0.3 is 10.2 Å². The fraction of sp³-hybridized carbons (Fsp3) is 0.375.